The van der Waals surface area contributed by atoms with Gasteiger partial charge in [0.25, 0.3) is 0 Å². The normalized spacial score (nSPS) is 12.5. The number of ether oxygens (including phenoxy) is 1. The molecule has 0 aliphatic carbocycles. The average Bonchev–Trinajstić information content (AvgIpc) is 2.67. The van der Waals surface area contributed by atoms with E-state index in [0.717, 1.165) is 29.7 Å². The van der Waals surface area contributed by atoms with E-state index < -0.39 is 22.0 Å². The molecule has 0 aliphatic rings. The van der Waals surface area contributed by atoms with Crippen LogP contribution in [0, 0.1) is 0 Å². The number of hydrogen-bond acceptors (Lipinski definition) is 4. The van der Waals surface area contributed by atoms with Crippen LogP contribution in [0.1, 0.15) is 31.9 Å². The fourth-order valence-electron chi connectivity index (χ4n) is 2.84. The summed E-state index contributed by atoms with van der Waals surface area (Å²) in [5.41, 5.74) is 2.74. The van der Waals surface area contributed by atoms with Crippen molar-refractivity contribution in [3.8, 4) is 5.75 Å². The molecule has 0 heterocycles. The summed E-state index contributed by atoms with van der Waals surface area (Å²) < 4.78 is 33.0. The molecule has 0 bridgehead atoms. The van der Waals surface area contributed by atoms with Gasteiger partial charge in [0.15, 0.2) is 0 Å². The molecule has 0 saturated heterocycles. The highest BCUT2D eigenvalue weighted by atomic mass is 35.5. The van der Waals surface area contributed by atoms with Gasteiger partial charge >= 0.3 is 0 Å². The van der Waals surface area contributed by atoms with Crippen molar-refractivity contribution in [1.29, 1.82) is 0 Å². The molecule has 0 aromatic heterocycles. The Balaban J connectivity index is 2.25. The smallest absolute Gasteiger partial charge is 0.245 e. The van der Waals surface area contributed by atoms with E-state index in [9.17, 15) is 13.2 Å². The number of benzene rings is 2. The Labute approximate surface area is 171 Å². The molecule has 1 atom stereocenters. The number of para-hydroxylation sites is 1. The van der Waals surface area contributed by atoms with Crippen LogP contribution in [0.2, 0.25) is 5.02 Å². The molecule has 2 aromatic carbocycles. The van der Waals surface area contributed by atoms with E-state index in [0.29, 0.717) is 0 Å². The molecule has 2 N–H and O–H groups in total. The Morgan fingerprint density at radius 2 is 1.75 bits per heavy atom. The summed E-state index contributed by atoms with van der Waals surface area (Å²) in [5, 5.41) is 3.12. The lowest BCUT2D eigenvalue weighted by atomic mass is 10.0. The van der Waals surface area contributed by atoms with Crippen molar-refractivity contribution in [3.63, 3.8) is 0 Å². The lowest BCUT2D eigenvalue weighted by Gasteiger charge is -2.19. The van der Waals surface area contributed by atoms with Gasteiger partial charge in [0.1, 0.15) is 10.6 Å². The number of nitrogens with one attached hydrogen (secondary N) is 2. The quantitative estimate of drug-likeness (QED) is 0.675. The van der Waals surface area contributed by atoms with E-state index in [4.69, 9.17) is 16.3 Å². The highest BCUT2D eigenvalue weighted by Gasteiger charge is 2.26. The maximum Gasteiger partial charge on any atom is 0.245 e. The number of amides is 1. The van der Waals surface area contributed by atoms with Crippen LogP contribution < -0.4 is 14.8 Å². The molecule has 2 rings (SSSR count). The molecule has 0 radical (unpaired) electrons. The lowest BCUT2D eigenvalue weighted by Crippen LogP contribution is -2.41. The summed E-state index contributed by atoms with van der Waals surface area (Å²) in [7, 11) is -2.65. The monoisotopic (exact) mass is 424 g/mol. The van der Waals surface area contributed by atoms with Crippen molar-refractivity contribution in [2.24, 2.45) is 0 Å². The zero-order valence-corrected chi connectivity index (χ0v) is 17.9. The minimum absolute atomic E-state index is 0.120. The van der Waals surface area contributed by atoms with Crippen LogP contribution >= 0.6 is 11.6 Å². The third-order valence-corrected chi connectivity index (χ3v) is 6.18. The van der Waals surface area contributed by atoms with Gasteiger partial charge in [0, 0.05) is 10.7 Å². The number of methoxy groups -OCH3 is 1. The van der Waals surface area contributed by atoms with E-state index >= 15 is 0 Å². The second kappa shape index (κ2) is 9.41. The fourth-order valence-corrected chi connectivity index (χ4v) is 4.48. The van der Waals surface area contributed by atoms with Gasteiger partial charge in [-0.25, -0.2) is 8.42 Å². The van der Waals surface area contributed by atoms with Crippen molar-refractivity contribution in [1.82, 2.24) is 4.72 Å². The van der Waals surface area contributed by atoms with E-state index in [1.165, 1.54) is 32.2 Å². The van der Waals surface area contributed by atoms with Crippen molar-refractivity contribution in [3.05, 3.63) is 52.5 Å². The van der Waals surface area contributed by atoms with Gasteiger partial charge in [-0.15, -0.1) is 0 Å². The van der Waals surface area contributed by atoms with Gasteiger partial charge in [-0.05, 0) is 49.1 Å². The number of carbonyl (C=O) groups is 1. The number of hydrogen-bond donors (Lipinski definition) is 2. The minimum Gasteiger partial charge on any atom is -0.495 e. The van der Waals surface area contributed by atoms with Gasteiger partial charge < -0.3 is 10.1 Å². The topological polar surface area (TPSA) is 84.5 Å². The third-order valence-electron chi connectivity index (χ3n) is 4.39. The molecule has 0 fully saturated rings. The highest BCUT2D eigenvalue weighted by molar-refractivity contribution is 7.89. The largest absolute Gasteiger partial charge is 0.495 e. The lowest BCUT2D eigenvalue weighted by molar-refractivity contribution is -0.117. The molecule has 28 heavy (non-hydrogen) atoms. The van der Waals surface area contributed by atoms with E-state index in [-0.39, 0.29) is 15.7 Å². The summed E-state index contributed by atoms with van der Waals surface area (Å²) in [6, 6.07) is 9.12. The molecule has 0 saturated carbocycles. The van der Waals surface area contributed by atoms with Crippen molar-refractivity contribution < 1.29 is 17.9 Å². The van der Waals surface area contributed by atoms with Gasteiger partial charge in [0.05, 0.1) is 13.2 Å². The predicted molar refractivity (Wildman–Crippen MR) is 112 cm³/mol. The Kier molecular flexibility index (Phi) is 7.46. The summed E-state index contributed by atoms with van der Waals surface area (Å²) in [5.74, 6) is -0.297. The fraction of sp³-hybridized carbons (Fsp3) is 0.350. The first-order chi connectivity index (χ1) is 13.2. The molecule has 1 amide bonds. The Bertz CT molecular complexity index is 938. The SMILES string of the molecule is CCc1cccc(CC)c1NC(=O)[C@@H](C)NS(=O)(=O)c1cc(Cl)ccc1OC. The number of sulfonamides is 1. The van der Waals surface area contributed by atoms with Crippen LogP contribution in [0.3, 0.4) is 0 Å². The number of anilines is 1. The average molecular weight is 425 g/mol. The molecular weight excluding hydrogens is 400 g/mol. The number of rotatable bonds is 8. The van der Waals surface area contributed by atoms with Crippen molar-refractivity contribution >= 4 is 33.2 Å². The van der Waals surface area contributed by atoms with E-state index in [2.05, 4.69) is 10.0 Å². The Morgan fingerprint density at radius 3 is 2.29 bits per heavy atom. The zero-order chi connectivity index (χ0) is 20.9. The van der Waals surface area contributed by atoms with Gasteiger partial charge in [-0.2, -0.15) is 4.72 Å². The Hall–Kier alpha value is -2.09. The maximum absolute atomic E-state index is 12.7. The van der Waals surface area contributed by atoms with Crippen LogP contribution in [0.15, 0.2) is 41.3 Å². The van der Waals surface area contributed by atoms with Gasteiger partial charge in [-0.3, -0.25) is 4.79 Å². The maximum atomic E-state index is 12.7. The summed E-state index contributed by atoms with van der Waals surface area (Å²) >= 11 is 5.93. The van der Waals surface area contributed by atoms with Crippen molar-refractivity contribution in [2.75, 3.05) is 12.4 Å². The van der Waals surface area contributed by atoms with Crippen LogP contribution in [0.5, 0.6) is 5.75 Å². The zero-order valence-electron chi connectivity index (χ0n) is 16.4. The van der Waals surface area contributed by atoms with Crippen LogP contribution in [-0.2, 0) is 27.7 Å². The molecule has 152 valence electrons. The number of carbonyl (C=O) groups excluding carboxylic acids is 1. The molecule has 0 spiro atoms. The first-order valence-corrected chi connectivity index (χ1v) is 10.9. The van der Waals surface area contributed by atoms with Gasteiger partial charge in [-0.1, -0.05) is 43.6 Å². The molecule has 6 nitrogen and oxygen atoms in total. The third kappa shape index (κ3) is 5.04. The Morgan fingerprint density at radius 1 is 1.14 bits per heavy atom. The standard InChI is InChI=1S/C20H25ClN2O4S/c1-5-14-8-7-9-15(6-2)19(14)22-20(24)13(3)23-28(25,26)18-12-16(21)10-11-17(18)27-4/h7-13,23H,5-6H2,1-4H3,(H,22,24)/t13-/m1/s1. The molecular formula is C20H25ClN2O4S. The van der Waals surface area contributed by atoms with Crippen LogP contribution in [-0.4, -0.2) is 27.5 Å². The second-order valence-electron chi connectivity index (χ2n) is 6.29. The first-order valence-electron chi connectivity index (χ1n) is 9.01. The van der Waals surface area contributed by atoms with Crippen LogP contribution in [0.4, 0.5) is 5.69 Å². The first kappa shape index (κ1) is 22.2. The van der Waals surface area contributed by atoms with Gasteiger partial charge in [0.2, 0.25) is 15.9 Å². The summed E-state index contributed by atoms with van der Waals surface area (Å²) in [6.45, 7) is 5.49. The highest BCUT2D eigenvalue weighted by Crippen LogP contribution is 2.27. The number of aryl methyl sites for hydroxylation is 2. The van der Waals surface area contributed by atoms with E-state index in [1.807, 2.05) is 32.0 Å². The van der Waals surface area contributed by atoms with Crippen LogP contribution in [0.25, 0.3) is 0 Å². The molecule has 0 unspecified atom stereocenters. The number of halogens is 1. The second-order valence-corrected chi connectivity index (χ2v) is 8.40. The van der Waals surface area contributed by atoms with Crippen molar-refractivity contribution in [2.45, 2.75) is 44.6 Å². The molecule has 0 aliphatic heterocycles. The summed E-state index contributed by atoms with van der Waals surface area (Å²) in [6.07, 6.45) is 1.51. The summed E-state index contributed by atoms with van der Waals surface area (Å²) in [4.78, 5) is 12.6. The minimum atomic E-state index is -4.01. The molecule has 2 aromatic rings. The molecule has 8 heteroatoms. The predicted octanol–water partition coefficient (Wildman–Crippen LogP) is 3.78. The van der Waals surface area contributed by atoms with E-state index in [1.54, 1.807) is 0 Å².